The molecule has 21 heavy (non-hydrogen) atoms. The molecule has 0 amide bonds. The Kier molecular flexibility index (Phi) is 3.81. The van der Waals surface area contributed by atoms with E-state index < -0.39 is 0 Å². The second kappa shape index (κ2) is 5.91. The van der Waals surface area contributed by atoms with E-state index in [2.05, 4.69) is 16.4 Å². The van der Waals surface area contributed by atoms with Crippen molar-refractivity contribution in [1.82, 2.24) is 4.98 Å². The topological polar surface area (TPSA) is 68.1 Å². The van der Waals surface area contributed by atoms with Crippen molar-refractivity contribution in [2.24, 2.45) is 0 Å². The zero-order valence-electron chi connectivity index (χ0n) is 11.7. The number of benzene rings is 1. The summed E-state index contributed by atoms with van der Waals surface area (Å²) in [7, 11) is 0. The number of fused-ring (bicyclic) bond motifs is 1. The zero-order chi connectivity index (χ0) is 14.7. The maximum Gasteiger partial charge on any atom is 0.269 e. The second-order valence-electron chi connectivity index (χ2n) is 5.26. The van der Waals surface area contributed by atoms with E-state index in [1.54, 1.807) is 24.3 Å². The van der Waals surface area contributed by atoms with Crippen molar-refractivity contribution in [1.29, 1.82) is 0 Å². The van der Waals surface area contributed by atoms with Crippen LogP contribution in [0.25, 0.3) is 0 Å². The molecular formula is C16H17N3O2. The van der Waals surface area contributed by atoms with Crippen LogP contribution in [-0.2, 0) is 19.3 Å². The van der Waals surface area contributed by atoms with E-state index in [0.717, 1.165) is 37.2 Å². The van der Waals surface area contributed by atoms with Gasteiger partial charge in [-0.15, -0.1) is 0 Å². The van der Waals surface area contributed by atoms with Crippen molar-refractivity contribution < 1.29 is 4.92 Å². The van der Waals surface area contributed by atoms with Gasteiger partial charge in [-0.1, -0.05) is 18.2 Å². The van der Waals surface area contributed by atoms with Gasteiger partial charge in [-0.3, -0.25) is 10.1 Å². The molecule has 1 heterocycles. The highest BCUT2D eigenvalue weighted by molar-refractivity contribution is 5.41. The number of hydrogen-bond donors (Lipinski definition) is 1. The number of anilines is 1. The lowest BCUT2D eigenvalue weighted by molar-refractivity contribution is -0.384. The number of nitrogens with one attached hydrogen (secondary N) is 1. The first-order chi connectivity index (χ1) is 10.2. The summed E-state index contributed by atoms with van der Waals surface area (Å²) in [5.74, 6) is 0.914. The number of rotatable bonds is 5. The molecule has 0 bridgehead atoms. The van der Waals surface area contributed by atoms with Crippen LogP contribution in [0.2, 0.25) is 0 Å². The molecule has 2 aromatic rings. The normalized spacial score (nSPS) is 13.0. The molecule has 0 saturated carbocycles. The third-order valence-electron chi connectivity index (χ3n) is 3.80. The van der Waals surface area contributed by atoms with Gasteiger partial charge in [-0.25, -0.2) is 4.98 Å². The first-order valence-corrected chi connectivity index (χ1v) is 7.18. The molecule has 0 aliphatic heterocycles. The number of nitrogens with zero attached hydrogens (tertiary/aromatic N) is 2. The Hall–Kier alpha value is -2.43. The molecule has 0 fully saturated rings. The number of non-ortho nitro benzene ring substituents is 1. The molecule has 1 N–H and O–H groups in total. The summed E-state index contributed by atoms with van der Waals surface area (Å²) in [6.45, 7) is 0.767. The van der Waals surface area contributed by atoms with Crippen LogP contribution in [0.4, 0.5) is 11.5 Å². The van der Waals surface area contributed by atoms with Gasteiger partial charge in [0.05, 0.1) is 4.92 Å². The molecular weight excluding hydrogens is 266 g/mol. The molecule has 0 spiro atoms. The van der Waals surface area contributed by atoms with Gasteiger partial charge in [-0.05, 0) is 42.9 Å². The van der Waals surface area contributed by atoms with Crippen LogP contribution in [0.5, 0.6) is 0 Å². The van der Waals surface area contributed by atoms with E-state index in [-0.39, 0.29) is 10.6 Å². The van der Waals surface area contributed by atoms with Crippen molar-refractivity contribution in [2.45, 2.75) is 25.7 Å². The number of pyridine rings is 1. The fourth-order valence-corrected chi connectivity index (χ4v) is 2.64. The molecule has 0 saturated heterocycles. The number of aryl methyl sites for hydroxylation is 2. The molecule has 1 aromatic heterocycles. The number of nitro benzene ring substituents is 1. The summed E-state index contributed by atoms with van der Waals surface area (Å²) in [6, 6.07) is 10.9. The maximum absolute atomic E-state index is 10.6. The van der Waals surface area contributed by atoms with Crippen molar-refractivity contribution in [3.8, 4) is 0 Å². The predicted octanol–water partition coefficient (Wildman–Crippen LogP) is 3.13. The number of aromatic nitrogens is 1. The number of nitro groups is 1. The Morgan fingerprint density at radius 2 is 1.95 bits per heavy atom. The first-order valence-electron chi connectivity index (χ1n) is 7.18. The van der Waals surface area contributed by atoms with E-state index in [9.17, 15) is 10.1 Å². The van der Waals surface area contributed by atoms with Gasteiger partial charge in [0, 0.05) is 24.4 Å². The SMILES string of the molecule is O=[N+]([O-])c1ccc(CCNc2ccc3c(n2)CCC3)cc1. The summed E-state index contributed by atoms with van der Waals surface area (Å²) in [5.41, 5.74) is 3.80. The molecule has 1 aliphatic carbocycles. The Morgan fingerprint density at radius 3 is 2.71 bits per heavy atom. The van der Waals surface area contributed by atoms with E-state index in [0.29, 0.717) is 0 Å². The third-order valence-corrected chi connectivity index (χ3v) is 3.80. The van der Waals surface area contributed by atoms with Crippen LogP contribution in [0.1, 0.15) is 23.2 Å². The van der Waals surface area contributed by atoms with Crippen LogP contribution >= 0.6 is 0 Å². The molecule has 108 valence electrons. The lowest BCUT2D eigenvalue weighted by Crippen LogP contribution is -2.07. The summed E-state index contributed by atoms with van der Waals surface area (Å²) >= 11 is 0. The molecule has 0 unspecified atom stereocenters. The van der Waals surface area contributed by atoms with Crippen molar-refractivity contribution in [3.63, 3.8) is 0 Å². The average molecular weight is 283 g/mol. The molecule has 0 radical (unpaired) electrons. The van der Waals surface area contributed by atoms with E-state index >= 15 is 0 Å². The minimum Gasteiger partial charge on any atom is -0.370 e. The lowest BCUT2D eigenvalue weighted by Gasteiger charge is -2.07. The molecule has 0 atom stereocenters. The minimum atomic E-state index is -0.378. The van der Waals surface area contributed by atoms with Crippen LogP contribution in [0, 0.1) is 10.1 Å². The van der Waals surface area contributed by atoms with E-state index in [1.807, 2.05) is 6.07 Å². The van der Waals surface area contributed by atoms with Crippen LogP contribution < -0.4 is 5.32 Å². The summed E-state index contributed by atoms with van der Waals surface area (Å²) in [6.07, 6.45) is 4.24. The highest BCUT2D eigenvalue weighted by Crippen LogP contribution is 2.21. The first kappa shape index (κ1) is 13.5. The molecule has 5 nitrogen and oxygen atoms in total. The van der Waals surface area contributed by atoms with E-state index in [4.69, 9.17) is 0 Å². The zero-order valence-corrected chi connectivity index (χ0v) is 11.7. The maximum atomic E-state index is 10.6. The van der Waals surface area contributed by atoms with Crippen molar-refractivity contribution in [3.05, 3.63) is 63.3 Å². The second-order valence-corrected chi connectivity index (χ2v) is 5.26. The van der Waals surface area contributed by atoms with Gasteiger partial charge in [0.15, 0.2) is 0 Å². The van der Waals surface area contributed by atoms with Crippen LogP contribution in [0.3, 0.4) is 0 Å². The summed E-state index contributed by atoms with van der Waals surface area (Å²) < 4.78 is 0. The Balaban J connectivity index is 1.55. The predicted molar refractivity (Wildman–Crippen MR) is 81.6 cm³/mol. The summed E-state index contributed by atoms with van der Waals surface area (Å²) in [4.78, 5) is 14.8. The smallest absolute Gasteiger partial charge is 0.269 e. The Labute approximate surface area is 123 Å². The van der Waals surface area contributed by atoms with Gasteiger partial charge in [-0.2, -0.15) is 0 Å². The Bertz CT molecular complexity index is 653. The monoisotopic (exact) mass is 283 g/mol. The van der Waals surface area contributed by atoms with Gasteiger partial charge in [0.2, 0.25) is 0 Å². The van der Waals surface area contributed by atoms with Gasteiger partial charge < -0.3 is 5.32 Å². The fraction of sp³-hybridized carbons (Fsp3) is 0.312. The van der Waals surface area contributed by atoms with Crippen molar-refractivity contribution >= 4 is 11.5 Å². The molecule has 1 aliphatic rings. The third kappa shape index (κ3) is 3.18. The number of hydrogen-bond acceptors (Lipinski definition) is 4. The molecule has 1 aromatic carbocycles. The standard InChI is InChI=1S/C16H17N3O2/c20-19(21)14-7-4-12(5-8-14)10-11-17-16-9-6-13-2-1-3-15(13)18-16/h4-9H,1-3,10-11H2,(H,17,18). The largest absolute Gasteiger partial charge is 0.370 e. The molecule has 5 heteroatoms. The quantitative estimate of drug-likeness (QED) is 0.676. The van der Waals surface area contributed by atoms with E-state index in [1.165, 1.54) is 17.7 Å². The lowest BCUT2D eigenvalue weighted by atomic mass is 10.1. The fourth-order valence-electron chi connectivity index (χ4n) is 2.64. The minimum absolute atomic E-state index is 0.131. The van der Waals surface area contributed by atoms with Crippen LogP contribution in [0.15, 0.2) is 36.4 Å². The van der Waals surface area contributed by atoms with Gasteiger partial charge in [0.1, 0.15) is 5.82 Å². The van der Waals surface area contributed by atoms with Gasteiger partial charge >= 0.3 is 0 Å². The highest BCUT2D eigenvalue weighted by atomic mass is 16.6. The average Bonchev–Trinajstić information content (AvgIpc) is 2.95. The van der Waals surface area contributed by atoms with Gasteiger partial charge in [0.25, 0.3) is 5.69 Å². The summed E-state index contributed by atoms with van der Waals surface area (Å²) in [5, 5.41) is 13.9. The molecule has 3 rings (SSSR count). The highest BCUT2D eigenvalue weighted by Gasteiger charge is 2.12. The Morgan fingerprint density at radius 1 is 1.14 bits per heavy atom. The van der Waals surface area contributed by atoms with Crippen LogP contribution in [-0.4, -0.2) is 16.5 Å². The van der Waals surface area contributed by atoms with Crippen molar-refractivity contribution in [2.75, 3.05) is 11.9 Å².